The largest absolute Gasteiger partial charge is 0.127 e. The van der Waals surface area contributed by atoms with Gasteiger partial charge in [-0.25, -0.2) is 0 Å². The van der Waals surface area contributed by atoms with Crippen molar-refractivity contribution >= 4 is 23.2 Å². The second-order valence-corrected chi connectivity index (χ2v) is 4.30. The van der Waals surface area contributed by atoms with Gasteiger partial charge in [0.05, 0.1) is 0 Å². The van der Waals surface area contributed by atoms with Gasteiger partial charge in [0.15, 0.2) is 0 Å². The smallest absolute Gasteiger partial charge is 0.0223 e. The molecule has 0 aromatic rings. The lowest BCUT2D eigenvalue weighted by Gasteiger charge is -1.95. The Kier molecular flexibility index (Phi) is 13.6. The molecule has 0 N–H and O–H groups in total. The molecule has 0 atom stereocenters. The van der Waals surface area contributed by atoms with Gasteiger partial charge in [-0.15, -0.1) is 23.2 Å². The van der Waals surface area contributed by atoms with Crippen LogP contribution in [0.4, 0.5) is 0 Å². The van der Waals surface area contributed by atoms with E-state index in [0.717, 1.165) is 24.6 Å². The maximum atomic E-state index is 5.58. The second-order valence-electron chi connectivity index (χ2n) is 3.55. The van der Waals surface area contributed by atoms with E-state index in [9.17, 15) is 0 Å². The van der Waals surface area contributed by atoms with Crippen LogP contribution in [0, 0.1) is 0 Å². The monoisotopic (exact) mass is 236 g/mol. The summed E-state index contributed by atoms with van der Waals surface area (Å²) in [7, 11) is 0. The summed E-state index contributed by atoms with van der Waals surface area (Å²) in [6.45, 7) is 0. The Hall–Kier alpha value is 0.320. The van der Waals surface area contributed by atoms with Crippen molar-refractivity contribution < 1.29 is 0 Å². The molecule has 0 nitrogen and oxygen atoms in total. The Balaban J connectivity index is 2.96. The first-order valence-electron chi connectivity index (χ1n) is 5.68. The summed E-state index contributed by atoms with van der Waals surface area (Å²) >= 11 is 11.2. The highest BCUT2D eigenvalue weighted by molar-refractivity contribution is 6.18. The fraction of sp³-hybridized carbons (Fsp3) is 0.833. The van der Waals surface area contributed by atoms with Gasteiger partial charge in [-0.05, 0) is 38.5 Å². The highest BCUT2D eigenvalue weighted by Crippen LogP contribution is 2.05. The van der Waals surface area contributed by atoms with Crippen LogP contribution in [-0.4, -0.2) is 11.8 Å². The summed E-state index contributed by atoms with van der Waals surface area (Å²) in [6, 6.07) is 0. The van der Waals surface area contributed by atoms with Crippen molar-refractivity contribution in [3.05, 3.63) is 12.2 Å². The van der Waals surface area contributed by atoms with Crippen molar-refractivity contribution in [2.75, 3.05) is 11.8 Å². The lowest BCUT2D eigenvalue weighted by molar-refractivity contribution is 0.718. The summed E-state index contributed by atoms with van der Waals surface area (Å²) in [4.78, 5) is 0. The lowest BCUT2D eigenvalue weighted by Crippen LogP contribution is -1.78. The average Bonchev–Trinajstić information content (AvgIpc) is 2.21. The first-order valence-corrected chi connectivity index (χ1v) is 6.75. The Morgan fingerprint density at radius 1 is 0.571 bits per heavy atom. The average molecular weight is 237 g/mol. The molecule has 0 aromatic heterocycles. The first kappa shape index (κ1) is 14.3. The van der Waals surface area contributed by atoms with Crippen LogP contribution >= 0.6 is 23.2 Å². The van der Waals surface area contributed by atoms with E-state index in [1.54, 1.807) is 0 Å². The van der Waals surface area contributed by atoms with E-state index in [1.165, 1.54) is 38.5 Å². The number of halogens is 2. The van der Waals surface area contributed by atoms with E-state index < -0.39 is 0 Å². The van der Waals surface area contributed by atoms with Crippen molar-refractivity contribution in [1.29, 1.82) is 0 Å². The van der Waals surface area contributed by atoms with Crippen LogP contribution in [0.2, 0.25) is 0 Å². The van der Waals surface area contributed by atoms with Gasteiger partial charge in [0.2, 0.25) is 0 Å². The molecule has 0 amide bonds. The van der Waals surface area contributed by atoms with Crippen LogP contribution in [0.5, 0.6) is 0 Å². The van der Waals surface area contributed by atoms with Gasteiger partial charge in [-0.3, -0.25) is 0 Å². The summed E-state index contributed by atoms with van der Waals surface area (Å²) in [6.07, 6.45) is 14.4. The molecule has 0 aliphatic heterocycles. The lowest BCUT2D eigenvalue weighted by atomic mass is 10.1. The minimum atomic E-state index is 0.808. The van der Waals surface area contributed by atoms with E-state index >= 15 is 0 Å². The van der Waals surface area contributed by atoms with Gasteiger partial charge in [0, 0.05) is 11.8 Å². The van der Waals surface area contributed by atoms with Crippen LogP contribution in [0.25, 0.3) is 0 Å². The molecule has 0 radical (unpaired) electrons. The van der Waals surface area contributed by atoms with Crippen molar-refractivity contribution in [2.24, 2.45) is 0 Å². The second kappa shape index (κ2) is 13.3. The number of hydrogen-bond acceptors (Lipinski definition) is 0. The van der Waals surface area contributed by atoms with Gasteiger partial charge in [0.1, 0.15) is 0 Å². The third-order valence-corrected chi connectivity index (χ3v) is 2.71. The quantitative estimate of drug-likeness (QED) is 0.280. The highest BCUT2D eigenvalue weighted by Gasteiger charge is 1.86. The van der Waals surface area contributed by atoms with E-state index in [4.69, 9.17) is 23.2 Å². The fourth-order valence-electron chi connectivity index (χ4n) is 1.30. The number of hydrogen-bond donors (Lipinski definition) is 0. The molecule has 0 saturated carbocycles. The number of unbranched alkanes of at least 4 members (excludes halogenated alkanes) is 6. The summed E-state index contributed by atoms with van der Waals surface area (Å²) in [5, 5.41) is 0. The molecule has 0 bridgehead atoms. The topological polar surface area (TPSA) is 0 Å². The highest BCUT2D eigenvalue weighted by atomic mass is 35.5. The van der Waals surface area contributed by atoms with Crippen LogP contribution in [0.3, 0.4) is 0 Å². The number of allylic oxidation sites excluding steroid dienone is 2. The molecule has 14 heavy (non-hydrogen) atoms. The zero-order chi connectivity index (χ0) is 10.5. The predicted octanol–water partition coefficient (Wildman–Crippen LogP) is 5.14. The maximum Gasteiger partial charge on any atom is 0.0223 e. The van der Waals surface area contributed by atoms with E-state index in [1.807, 2.05) is 0 Å². The zero-order valence-corrected chi connectivity index (χ0v) is 10.5. The standard InChI is InChI=1S/C12H22Cl2/c13-11-9-7-5-3-1-2-4-6-8-10-12-14/h1-2H,3-12H2. The Bertz CT molecular complexity index is 107. The Morgan fingerprint density at radius 2 is 1.00 bits per heavy atom. The van der Waals surface area contributed by atoms with Crippen molar-refractivity contribution in [3.8, 4) is 0 Å². The van der Waals surface area contributed by atoms with Crippen molar-refractivity contribution in [1.82, 2.24) is 0 Å². The molecule has 0 heterocycles. The molecule has 2 heteroatoms. The molecule has 84 valence electrons. The first-order chi connectivity index (χ1) is 6.91. The molecular formula is C12H22Cl2. The minimum absolute atomic E-state index is 0.808. The van der Waals surface area contributed by atoms with Gasteiger partial charge >= 0.3 is 0 Å². The van der Waals surface area contributed by atoms with Crippen LogP contribution in [0.1, 0.15) is 51.4 Å². The molecule has 0 saturated heterocycles. The minimum Gasteiger partial charge on any atom is -0.127 e. The molecular weight excluding hydrogens is 215 g/mol. The van der Waals surface area contributed by atoms with Gasteiger partial charge in [-0.1, -0.05) is 25.0 Å². The molecule has 0 aromatic carbocycles. The summed E-state index contributed by atoms with van der Waals surface area (Å²) in [5.41, 5.74) is 0. The summed E-state index contributed by atoms with van der Waals surface area (Å²) in [5.74, 6) is 1.62. The number of alkyl halides is 2. The molecule has 0 aliphatic rings. The Labute approximate surface area is 98.7 Å². The van der Waals surface area contributed by atoms with Crippen molar-refractivity contribution in [2.45, 2.75) is 51.4 Å². The van der Waals surface area contributed by atoms with E-state index in [2.05, 4.69) is 12.2 Å². The molecule has 0 unspecified atom stereocenters. The number of rotatable bonds is 10. The van der Waals surface area contributed by atoms with Gasteiger partial charge < -0.3 is 0 Å². The van der Waals surface area contributed by atoms with Gasteiger partial charge in [0.25, 0.3) is 0 Å². The van der Waals surface area contributed by atoms with Crippen molar-refractivity contribution in [3.63, 3.8) is 0 Å². The molecule has 0 fully saturated rings. The fourth-order valence-corrected chi connectivity index (χ4v) is 1.68. The van der Waals surface area contributed by atoms with E-state index in [-0.39, 0.29) is 0 Å². The third kappa shape index (κ3) is 12.3. The third-order valence-electron chi connectivity index (χ3n) is 2.18. The zero-order valence-electron chi connectivity index (χ0n) is 8.98. The Morgan fingerprint density at radius 3 is 1.36 bits per heavy atom. The SMILES string of the molecule is ClCCCCCC=CCCCCCCl. The van der Waals surface area contributed by atoms with Crippen LogP contribution in [0.15, 0.2) is 12.2 Å². The molecule has 0 rings (SSSR count). The molecule has 0 spiro atoms. The maximum absolute atomic E-state index is 5.58. The van der Waals surface area contributed by atoms with Crippen LogP contribution < -0.4 is 0 Å². The normalized spacial score (nSPS) is 11.3. The van der Waals surface area contributed by atoms with Crippen LogP contribution in [-0.2, 0) is 0 Å². The summed E-state index contributed by atoms with van der Waals surface area (Å²) < 4.78 is 0. The molecule has 0 aliphatic carbocycles. The van der Waals surface area contributed by atoms with Gasteiger partial charge in [-0.2, -0.15) is 0 Å². The van der Waals surface area contributed by atoms with E-state index in [0.29, 0.717) is 0 Å². The predicted molar refractivity (Wildman–Crippen MR) is 67.5 cm³/mol.